The van der Waals surface area contributed by atoms with Crippen LogP contribution in [0.4, 0.5) is 14.6 Å². The van der Waals surface area contributed by atoms with Gasteiger partial charge in [-0.05, 0) is 30.7 Å². The number of nitrogens with zero attached hydrogens (tertiary/aromatic N) is 2. The molecular formula is C15H11F2N3O. The van der Waals surface area contributed by atoms with E-state index in [1.807, 2.05) is 0 Å². The van der Waals surface area contributed by atoms with Crippen molar-refractivity contribution in [1.82, 2.24) is 10.1 Å². The highest BCUT2D eigenvalue weighted by Gasteiger charge is 2.25. The zero-order valence-corrected chi connectivity index (χ0v) is 11.1. The zero-order chi connectivity index (χ0) is 15.0. The summed E-state index contributed by atoms with van der Waals surface area (Å²) in [5, 5.41) is 3.61. The smallest absolute Gasteiger partial charge is 0.184 e. The highest BCUT2D eigenvalue weighted by atomic mass is 19.1. The van der Waals surface area contributed by atoms with Gasteiger partial charge in [-0.15, -0.1) is 0 Å². The molecule has 0 amide bonds. The summed E-state index contributed by atoms with van der Waals surface area (Å²) in [6, 6.07) is 7.66. The van der Waals surface area contributed by atoms with E-state index in [0.717, 1.165) is 0 Å². The molecule has 2 aromatic heterocycles. The Balaban J connectivity index is 2.30. The van der Waals surface area contributed by atoms with Crippen molar-refractivity contribution in [3.8, 4) is 22.6 Å². The lowest BCUT2D eigenvalue weighted by Crippen LogP contribution is -1.95. The Bertz CT molecular complexity index is 800. The van der Waals surface area contributed by atoms with Crippen molar-refractivity contribution in [2.75, 3.05) is 5.73 Å². The number of pyridine rings is 1. The Kier molecular flexibility index (Phi) is 3.13. The topological polar surface area (TPSA) is 64.9 Å². The molecule has 0 unspecified atom stereocenters. The van der Waals surface area contributed by atoms with E-state index in [0.29, 0.717) is 11.3 Å². The van der Waals surface area contributed by atoms with Gasteiger partial charge in [0.25, 0.3) is 0 Å². The van der Waals surface area contributed by atoms with Crippen LogP contribution in [0, 0.1) is 18.6 Å². The van der Waals surface area contributed by atoms with Gasteiger partial charge in [0.2, 0.25) is 0 Å². The molecule has 2 heterocycles. The number of hydrogen-bond acceptors (Lipinski definition) is 4. The van der Waals surface area contributed by atoms with Gasteiger partial charge in [-0.25, -0.2) is 8.78 Å². The van der Waals surface area contributed by atoms with Gasteiger partial charge in [-0.2, -0.15) is 0 Å². The Morgan fingerprint density at radius 1 is 1.10 bits per heavy atom. The fourth-order valence-electron chi connectivity index (χ4n) is 2.10. The van der Waals surface area contributed by atoms with E-state index < -0.39 is 11.6 Å². The van der Waals surface area contributed by atoms with E-state index >= 15 is 0 Å². The summed E-state index contributed by atoms with van der Waals surface area (Å²) in [4.78, 5) is 4.13. The fraction of sp³-hybridized carbons (Fsp3) is 0.0667. The van der Waals surface area contributed by atoms with Crippen LogP contribution in [0.3, 0.4) is 0 Å². The Morgan fingerprint density at radius 2 is 1.90 bits per heavy atom. The molecule has 0 spiro atoms. The van der Waals surface area contributed by atoms with Gasteiger partial charge in [0, 0.05) is 6.20 Å². The maximum Gasteiger partial charge on any atom is 0.184 e. The summed E-state index contributed by atoms with van der Waals surface area (Å²) in [5.74, 6) is -1.48. The molecule has 1 aromatic carbocycles. The van der Waals surface area contributed by atoms with Gasteiger partial charge in [0.1, 0.15) is 11.6 Å². The lowest BCUT2D eigenvalue weighted by atomic mass is 10.0. The maximum absolute atomic E-state index is 14.3. The second-order valence-electron chi connectivity index (χ2n) is 4.54. The minimum Gasteiger partial charge on any atom is -0.380 e. The van der Waals surface area contributed by atoms with E-state index in [-0.39, 0.29) is 22.7 Å². The Morgan fingerprint density at radius 3 is 2.62 bits per heavy atom. The van der Waals surface area contributed by atoms with Crippen LogP contribution in [0.15, 0.2) is 41.1 Å². The van der Waals surface area contributed by atoms with Crippen LogP contribution < -0.4 is 5.73 Å². The van der Waals surface area contributed by atoms with Gasteiger partial charge in [-0.3, -0.25) is 4.98 Å². The molecule has 2 N–H and O–H groups in total. The standard InChI is InChI=1S/C15H11F2N3O/c1-8-5-6-9(16)11(13(8)17)14-12(15(18)20-21-14)10-4-2-3-7-19-10/h2-7H,1H3,(H2,18,20). The van der Waals surface area contributed by atoms with Crippen molar-refractivity contribution in [3.05, 3.63) is 53.7 Å². The monoisotopic (exact) mass is 287 g/mol. The van der Waals surface area contributed by atoms with E-state index in [4.69, 9.17) is 10.3 Å². The molecule has 0 fully saturated rings. The molecule has 0 bridgehead atoms. The number of aromatic nitrogens is 2. The molecule has 0 saturated carbocycles. The van der Waals surface area contributed by atoms with Gasteiger partial charge in [-0.1, -0.05) is 17.3 Å². The van der Waals surface area contributed by atoms with E-state index in [9.17, 15) is 8.78 Å². The first-order chi connectivity index (χ1) is 10.1. The third-order valence-corrected chi connectivity index (χ3v) is 3.15. The summed E-state index contributed by atoms with van der Waals surface area (Å²) in [7, 11) is 0. The number of hydrogen-bond donors (Lipinski definition) is 1. The molecule has 0 radical (unpaired) electrons. The van der Waals surface area contributed by atoms with Crippen LogP contribution in [0.25, 0.3) is 22.6 Å². The average molecular weight is 287 g/mol. The predicted octanol–water partition coefficient (Wildman–Crippen LogP) is 3.57. The van der Waals surface area contributed by atoms with E-state index in [1.54, 1.807) is 31.3 Å². The first kappa shape index (κ1) is 13.2. The van der Waals surface area contributed by atoms with Crippen LogP contribution in [-0.4, -0.2) is 10.1 Å². The highest BCUT2D eigenvalue weighted by molar-refractivity contribution is 5.85. The molecule has 0 aliphatic heterocycles. The van der Waals surface area contributed by atoms with Crippen LogP contribution >= 0.6 is 0 Å². The molecular weight excluding hydrogens is 276 g/mol. The molecule has 4 nitrogen and oxygen atoms in total. The van der Waals surface area contributed by atoms with Gasteiger partial charge in [0.05, 0.1) is 16.8 Å². The van der Waals surface area contributed by atoms with Gasteiger partial charge >= 0.3 is 0 Å². The molecule has 0 aliphatic rings. The first-order valence-corrected chi connectivity index (χ1v) is 6.21. The van der Waals surface area contributed by atoms with Crippen LogP contribution in [0.1, 0.15) is 5.56 Å². The molecule has 0 atom stereocenters. The number of benzene rings is 1. The summed E-state index contributed by atoms with van der Waals surface area (Å²) < 4.78 is 33.4. The highest BCUT2D eigenvalue weighted by Crippen LogP contribution is 2.38. The van der Waals surface area contributed by atoms with Crippen LogP contribution in [-0.2, 0) is 0 Å². The SMILES string of the molecule is Cc1ccc(F)c(-c2onc(N)c2-c2ccccn2)c1F. The number of nitrogen functional groups attached to an aromatic ring is 1. The number of nitrogens with two attached hydrogens (primary N) is 1. The van der Waals surface area contributed by atoms with Crippen LogP contribution in [0.2, 0.25) is 0 Å². The molecule has 21 heavy (non-hydrogen) atoms. The van der Waals surface area contributed by atoms with Gasteiger partial charge in [0.15, 0.2) is 11.6 Å². The Hall–Kier alpha value is -2.76. The summed E-state index contributed by atoms with van der Waals surface area (Å²) in [6.45, 7) is 1.54. The van der Waals surface area contributed by atoms with Crippen molar-refractivity contribution in [1.29, 1.82) is 0 Å². The van der Waals surface area contributed by atoms with Crippen molar-refractivity contribution in [3.63, 3.8) is 0 Å². The molecule has 0 saturated heterocycles. The number of halogens is 2. The third kappa shape index (κ3) is 2.14. The van der Waals surface area contributed by atoms with Crippen molar-refractivity contribution in [2.45, 2.75) is 6.92 Å². The van der Waals surface area contributed by atoms with Crippen molar-refractivity contribution in [2.24, 2.45) is 0 Å². The van der Waals surface area contributed by atoms with E-state index in [1.165, 1.54) is 12.1 Å². The maximum atomic E-state index is 14.3. The predicted molar refractivity (Wildman–Crippen MR) is 74.2 cm³/mol. The molecule has 6 heteroatoms. The molecule has 3 rings (SSSR count). The number of aryl methyl sites for hydroxylation is 1. The van der Waals surface area contributed by atoms with Gasteiger partial charge < -0.3 is 10.3 Å². The summed E-state index contributed by atoms with van der Waals surface area (Å²) >= 11 is 0. The lowest BCUT2D eigenvalue weighted by Gasteiger charge is -2.06. The van der Waals surface area contributed by atoms with Crippen LogP contribution in [0.5, 0.6) is 0 Å². The zero-order valence-electron chi connectivity index (χ0n) is 11.1. The minimum absolute atomic E-state index is 0.0315. The lowest BCUT2D eigenvalue weighted by molar-refractivity contribution is 0.430. The first-order valence-electron chi connectivity index (χ1n) is 6.21. The van der Waals surface area contributed by atoms with Crippen molar-refractivity contribution < 1.29 is 13.3 Å². The second kappa shape index (κ2) is 4.97. The number of rotatable bonds is 2. The third-order valence-electron chi connectivity index (χ3n) is 3.15. The summed E-state index contributed by atoms with van der Waals surface area (Å²) in [5.41, 5.74) is 6.48. The molecule has 3 aromatic rings. The Labute approximate surface area is 119 Å². The molecule has 106 valence electrons. The second-order valence-corrected chi connectivity index (χ2v) is 4.54. The quantitative estimate of drug-likeness (QED) is 0.782. The number of anilines is 1. The van der Waals surface area contributed by atoms with Crippen molar-refractivity contribution >= 4 is 5.82 Å². The largest absolute Gasteiger partial charge is 0.380 e. The minimum atomic E-state index is -0.744. The average Bonchev–Trinajstić information content (AvgIpc) is 2.86. The molecule has 0 aliphatic carbocycles. The normalized spacial score (nSPS) is 10.8. The van der Waals surface area contributed by atoms with E-state index in [2.05, 4.69) is 10.1 Å². The fourth-order valence-corrected chi connectivity index (χ4v) is 2.10. The summed E-state index contributed by atoms with van der Waals surface area (Å²) in [6.07, 6.45) is 1.55.